The summed E-state index contributed by atoms with van der Waals surface area (Å²) in [6.07, 6.45) is 5.88. The van der Waals surface area contributed by atoms with Crippen LogP contribution in [0.5, 0.6) is 5.75 Å². The largest absolute Gasteiger partial charge is 0.491 e. The van der Waals surface area contributed by atoms with Gasteiger partial charge in [0.05, 0.1) is 28.7 Å². The third-order valence-corrected chi connectivity index (χ3v) is 12.2. The molecule has 0 unspecified atom stereocenters. The number of hydrogen-bond acceptors (Lipinski definition) is 6. The Morgan fingerprint density at radius 3 is 2.67 bits per heavy atom. The number of benzene rings is 2. The molecule has 2 N–H and O–H groups in total. The van der Waals surface area contributed by atoms with Crippen molar-refractivity contribution in [1.82, 2.24) is 4.72 Å². The third kappa shape index (κ3) is 5.44. The lowest BCUT2D eigenvalue weighted by Crippen LogP contribution is -2.46. The van der Waals surface area contributed by atoms with Crippen molar-refractivity contribution in [2.75, 3.05) is 18.1 Å². The Morgan fingerprint density at radius 2 is 1.93 bits per heavy atom. The van der Waals surface area contributed by atoms with Gasteiger partial charge in [-0.05, 0) is 110 Å². The number of carbonyl (C=O) groups excluding carboxylic acids is 1. The first kappa shape index (κ1) is 29.5. The van der Waals surface area contributed by atoms with Crippen LogP contribution in [0.15, 0.2) is 42.0 Å². The predicted molar refractivity (Wildman–Crippen MR) is 161 cm³/mol. The Labute approximate surface area is 252 Å². The number of ether oxygens (including phenoxy) is 1. The van der Waals surface area contributed by atoms with Crippen LogP contribution in [0.2, 0.25) is 5.02 Å². The van der Waals surface area contributed by atoms with Gasteiger partial charge in [-0.2, -0.15) is 0 Å². The van der Waals surface area contributed by atoms with Crippen LogP contribution >= 0.6 is 11.6 Å². The number of fused-ring (bicyclic) bond motifs is 5. The van der Waals surface area contributed by atoms with Crippen LogP contribution in [-0.4, -0.2) is 43.9 Å². The topological polar surface area (TPSA) is 95.9 Å². The molecular weight excluding hydrogens is 579 g/mol. The molecule has 226 valence electrons. The first-order valence-electron chi connectivity index (χ1n) is 15.0. The van der Waals surface area contributed by atoms with Crippen molar-refractivity contribution in [3.8, 4) is 5.75 Å². The van der Waals surface area contributed by atoms with Gasteiger partial charge in [-0.25, -0.2) is 17.5 Å². The number of amides is 1. The van der Waals surface area contributed by atoms with Crippen molar-refractivity contribution in [2.24, 2.45) is 23.7 Å². The zero-order valence-corrected chi connectivity index (χ0v) is 25.6. The van der Waals surface area contributed by atoms with Gasteiger partial charge in [0.1, 0.15) is 11.6 Å². The monoisotopic (exact) mass is 616 g/mol. The molecule has 2 aromatic carbocycles. The number of nitrogens with one attached hydrogen (secondary N) is 1. The number of carbonyl (C=O) groups is 1. The van der Waals surface area contributed by atoms with Gasteiger partial charge in [0.15, 0.2) is 0 Å². The van der Waals surface area contributed by atoms with E-state index in [9.17, 15) is 18.3 Å². The first-order valence-corrected chi connectivity index (χ1v) is 16.9. The van der Waals surface area contributed by atoms with Crippen molar-refractivity contribution in [2.45, 2.75) is 70.3 Å². The van der Waals surface area contributed by atoms with Crippen LogP contribution in [0.4, 0.5) is 10.1 Å². The predicted octanol–water partition coefficient (Wildman–Crippen LogP) is 5.63. The molecule has 10 heteroatoms. The van der Waals surface area contributed by atoms with Crippen LogP contribution in [0.25, 0.3) is 0 Å². The zero-order chi connectivity index (χ0) is 29.8. The van der Waals surface area contributed by atoms with Crippen molar-refractivity contribution in [1.29, 1.82) is 0 Å². The van der Waals surface area contributed by atoms with E-state index in [4.69, 9.17) is 16.3 Å². The highest BCUT2D eigenvalue weighted by Gasteiger charge is 2.43. The minimum Gasteiger partial charge on any atom is -0.491 e. The summed E-state index contributed by atoms with van der Waals surface area (Å²) in [5, 5.41) is 10.7. The minimum absolute atomic E-state index is 0.0231. The van der Waals surface area contributed by atoms with Gasteiger partial charge in [-0.15, -0.1) is 0 Å². The Hall–Kier alpha value is -2.62. The second-order valence-electron chi connectivity index (χ2n) is 12.5. The van der Waals surface area contributed by atoms with Crippen LogP contribution in [0.1, 0.15) is 67.4 Å². The average Bonchev–Trinajstić information content (AvgIpc) is 2.94. The number of nitrogens with zero attached hydrogens (tertiary/aromatic N) is 1. The van der Waals surface area contributed by atoms with Crippen LogP contribution in [0.3, 0.4) is 0 Å². The van der Waals surface area contributed by atoms with Gasteiger partial charge in [-0.3, -0.25) is 4.79 Å². The Balaban J connectivity index is 1.46. The Kier molecular flexibility index (Phi) is 8.04. The lowest BCUT2D eigenvalue weighted by Gasteiger charge is -2.46. The normalized spacial score (nSPS) is 31.0. The van der Waals surface area contributed by atoms with Gasteiger partial charge in [0.2, 0.25) is 10.0 Å². The Morgan fingerprint density at radius 1 is 1.14 bits per heavy atom. The van der Waals surface area contributed by atoms with Crippen molar-refractivity contribution in [3.63, 3.8) is 0 Å². The standard InChI is InChI=1S/C32H38ClFN2O5S/c1-18-19(2)42(39,40)35-32(38)20-8-11-29-28(15-20)36(17-22-6-9-26(22)31(37)24-13-23(18)14-24)16-21-7-10-27(33)30(34)25(21)5-3-4-12-41-29/h7-8,10-11,13,15,18-19,22-23,26,31,37H,3-6,9,12,14,16-17H2,1-2H3,(H,35,38)/t18-,19-,22+,23+,26-,31+/m1/s1. The van der Waals surface area contributed by atoms with E-state index in [1.807, 2.05) is 19.1 Å². The van der Waals surface area contributed by atoms with Crippen molar-refractivity contribution >= 4 is 33.2 Å². The smallest absolute Gasteiger partial charge is 0.264 e. The molecule has 1 amide bonds. The molecule has 1 saturated carbocycles. The minimum atomic E-state index is -3.97. The molecule has 3 heterocycles. The third-order valence-electron chi connectivity index (χ3n) is 10.1. The SMILES string of the molecule is C[C@@H]1[C@@H](C)S(=O)(=O)NC(=O)c2ccc3c(c2)N(Cc2ccc(Cl)c(F)c2CCCCO3)C[C@@H]2CC[C@H]2[C@@H](O)C2=C[C@H]1C2. The Bertz CT molecular complexity index is 1530. The van der Waals surface area contributed by atoms with Gasteiger partial charge in [0.25, 0.3) is 5.91 Å². The van der Waals surface area contributed by atoms with Gasteiger partial charge in [-0.1, -0.05) is 30.7 Å². The highest BCUT2D eigenvalue weighted by Crippen LogP contribution is 2.46. The summed E-state index contributed by atoms with van der Waals surface area (Å²) < 4.78 is 50.3. The second kappa shape index (κ2) is 11.5. The fourth-order valence-corrected chi connectivity index (χ4v) is 8.40. The summed E-state index contributed by atoms with van der Waals surface area (Å²) in [4.78, 5) is 15.5. The summed E-state index contributed by atoms with van der Waals surface area (Å²) in [6, 6.07) is 8.41. The molecule has 5 aliphatic rings. The molecule has 4 bridgehead atoms. The average molecular weight is 617 g/mol. The number of halogens is 2. The fraction of sp³-hybridized carbons (Fsp3) is 0.531. The summed E-state index contributed by atoms with van der Waals surface area (Å²) >= 11 is 6.18. The highest BCUT2D eigenvalue weighted by molar-refractivity contribution is 7.90. The van der Waals surface area contributed by atoms with E-state index in [0.717, 1.165) is 30.4 Å². The number of allylic oxidation sites excluding steroid dienone is 1. The number of sulfonamides is 1. The molecule has 0 saturated heterocycles. The van der Waals surface area contributed by atoms with Crippen molar-refractivity contribution in [3.05, 3.63) is 69.5 Å². The zero-order valence-electron chi connectivity index (χ0n) is 24.0. The maximum Gasteiger partial charge on any atom is 0.264 e. The van der Waals surface area contributed by atoms with E-state index in [1.165, 1.54) is 0 Å². The maximum atomic E-state index is 15.3. The summed E-state index contributed by atoms with van der Waals surface area (Å²) in [5.41, 5.74) is 3.19. The van der Waals surface area contributed by atoms with Gasteiger partial charge in [0, 0.05) is 18.7 Å². The highest BCUT2D eigenvalue weighted by atomic mass is 35.5. The lowest BCUT2D eigenvalue weighted by molar-refractivity contribution is 0.0312. The maximum absolute atomic E-state index is 15.3. The molecule has 2 aliphatic carbocycles. The molecule has 7 nitrogen and oxygen atoms in total. The lowest BCUT2D eigenvalue weighted by atomic mass is 9.64. The van der Waals surface area contributed by atoms with Gasteiger partial charge < -0.3 is 14.7 Å². The van der Waals surface area contributed by atoms with E-state index in [-0.39, 0.29) is 34.3 Å². The van der Waals surface area contributed by atoms with Crippen molar-refractivity contribution < 1.29 is 27.4 Å². The quantitative estimate of drug-likeness (QED) is 0.373. The molecule has 1 fully saturated rings. The number of aliphatic hydroxyl groups excluding tert-OH is 1. The molecule has 6 atom stereocenters. The first-order chi connectivity index (χ1) is 20.0. The summed E-state index contributed by atoms with van der Waals surface area (Å²) in [5.74, 6) is -0.474. The number of rotatable bonds is 0. The van der Waals surface area contributed by atoms with E-state index >= 15 is 4.39 Å². The number of aliphatic hydroxyl groups is 1. The molecular formula is C32H38ClFN2O5S. The van der Waals surface area contributed by atoms with E-state index in [2.05, 4.69) is 9.62 Å². The number of anilines is 1. The van der Waals surface area contributed by atoms with Gasteiger partial charge >= 0.3 is 0 Å². The van der Waals surface area contributed by atoms with E-state index in [0.29, 0.717) is 56.0 Å². The van der Waals surface area contributed by atoms with E-state index < -0.39 is 33.1 Å². The molecule has 0 radical (unpaired) electrons. The summed E-state index contributed by atoms with van der Waals surface area (Å²) in [6.45, 7) is 4.84. The molecule has 2 aromatic rings. The van der Waals surface area contributed by atoms with Crippen LogP contribution in [-0.2, 0) is 23.0 Å². The molecule has 7 rings (SSSR count). The molecule has 0 spiro atoms. The number of hydrogen-bond donors (Lipinski definition) is 2. The molecule has 3 aliphatic heterocycles. The van der Waals surface area contributed by atoms with Crippen LogP contribution < -0.4 is 14.4 Å². The van der Waals surface area contributed by atoms with Crippen LogP contribution in [0, 0.1) is 29.5 Å². The molecule has 42 heavy (non-hydrogen) atoms. The fourth-order valence-electron chi connectivity index (χ4n) is 6.90. The second-order valence-corrected chi connectivity index (χ2v) is 14.9. The van der Waals surface area contributed by atoms with E-state index in [1.54, 1.807) is 31.2 Å². The summed E-state index contributed by atoms with van der Waals surface area (Å²) in [7, 11) is -3.97. The molecule has 0 aromatic heterocycles.